The van der Waals surface area contributed by atoms with Gasteiger partial charge in [-0.05, 0) is 45.0 Å². The molecule has 0 atom stereocenters. The van der Waals surface area contributed by atoms with Crippen molar-refractivity contribution in [2.75, 3.05) is 11.3 Å². The van der Waals surface area contributed by atoms with Gasteiger partial charge in [0.15, 0.2) is 0 Å². The molecule has 100 valence electrons. The zero-order valence-electron chi connectivity index (χ0n) is 10.6. The maximum atomic E-state index is 11.6. The number of sulfonamides is 1. The molecule has 1 aromatic rings. The van der Waals surface area contributed by atoms with Crippen LogP contribution in [0, 0.1) is 0 Å². The predicted molar refractivity (Wildman–Crippen MR) is 70.1 cm³/mol. The van der Waals surface area contributed by atoms with Gasteiger partial charge in [0, 0.05) is 5.69 Å². The summed E-state index contributed by atoms with van der Waals surface area (Å²) in [6.07, 6.45) is 0. The third-order valence-electron chi connectivity index (χ3n) is 2.28. The minimum Gasteiger partial charge on any atom is -0.462 e. The maximum absolute atomic E-state index is 11.6. The molecule has 0 aromatic heterocycles. The molecular formula is C12H17NO4S. The van der Waals surface area contributed by atoms with Gasteiger partial charge in [-0.2, -0.15) is 0 Å². The maximum Gasteiger partial charge on any atom is 0.338 e. The molecule has 0 aliphatic heterocycles. The molecule has 0 saturated heterocycles. The van der Waals surface area contributed by atoms with Gasteiger partial charge in [-0.25, -0.2) is 13.2 Å². The fourth-order valence-corrected chi connectivity index (χ4v) is 1.87. The summed E-state index contributed by atoms with van der Waals surface area (Å²) in [6.45, 7) is 5.22. The lowest BCUT2D eigenvalue weighted by atomic mass is 10.2. The third kappa shape index (κ3) is 3.73. The largest absolute Gasteiger partial charge is 0.462 e. The van der Waals surface area contributed by atoms with Gasteiger partial charge < -0.3 is 4.74 Å². The lowest BCUT2D eigenvalue weighted by Gasteiger charge is -2.10. The molecule has 0 fully saturated rings. The highest BCUT2D eigenvalue weighted by molar-refractivity contribution is 7.93. The highest BCUT2D eigenvalue weighted by Gasteiger charge is 2.15. The molecular weight excluding hydrogens is 254 g/mol. The second-order valence-corrected chi connectivity index (χ2v) is 6.23. The van der Waals surface area contributed by atoms with E-state index in [-0.39, 0.29) is 0 Å². The van der Waals surface area contributed by atoms with Crippen LogP contribution < -0.4 is 4.72 Å². The zero-order chi connectivity index (χ0) is 13.8. The number of carbonyl (C=O) groups excluding carboxylic acids is 1. The Balaban J connectivity index is 2.81. The Labute approximate surface area is 107 Å². The smallest absolute Gasteiger partial charge is 0.338 e. The van der Waals surface area contributed by atoms with Crippen LogP contribution in [0.5, 0.6) is 0 Å². The Hall–Kier alpha value is -1.56. The number of rotatable bonds is 5. The van der Waals surface area contributed by atoms with E-state index in [0.29, 0.717) is 17.9 Å². The summed E-state index contributed by atoms with van der Waals surface area (Å²) >= 11 is 0. The Morgan fingerprint density at radius 1 is 1.28 bits per heavy atom. The molecule has 0 unspecified atom stereocenters. The summed E-state index contributed by atoms with van der Waals surface area (Å²) in [7, 11) is -3.36. The minimum absolute atomic E-state index is 0.306. The quantitative estimate of drug-likeness (QED) is 0.831. The van der Waals surface area contributed by atoms with Crippen molar-refractivity contribution >= 4 is 21.7 Å². The van der Waals surface area contributed by atoms with E-state index in [2.05, 4.69) is 4.72 Å². The Morgan fingerprint density at radius 2 is 1.83 bits per heavy atom. The number of hydrogen-bond acceptors (Lipinski definition) is 4. The van der Waals surface area contributed by atoms with Gasteiger partial charge in [0.05, 0.1) is 17.4 Å². The molecule has 0 bridgehead atoms. The first-order valence-electron chi connectivity index (χ1n) is 5.65. The lowest BCUT2D eigenvalue weighted by molar-refractivity contribution is 0.0526. The summed E-state index contributed by atoms with van der Waals surface area (Å²) < 4.78 is 30.5. The fourth-order valence-electron chi connectivity index (χ4n) is 1.17. The van der Waals surface area contributed by atoms with Crippen LogP contribution in [0.2, 0.25) is 0 Å². The number of esters is 1. The van der Waals surface area contributed by atoms with Crippen LogP contribution >= 0.6 is 0 Å². The summed E-state index contributed by atoms with van der Waals surface area (Å²) in [6, 6.07) is 6.12. The SMILES string of the molecule is CCOC(=O)c1ccc(NS(=O)(=O)C(C)C)cc1. The molecule has 6 heteroatoms. The van der Waals surface area contributed by atoms with E-state index >= 15 is 0 Å². The van der Waals surface area contributed by atoms with Crippen molar-refractivity contribution in [2.45, 2.75) is 26.0 Å². The van der Waals surface area contributed by atoms with Crippen molar-refractivity contribution in [1.82, 2.24) is 0 Å². The van der Waals surface area contributed by atoms with Gasteiger partial charge in [0.2, 0.25) is 10.0 Å². The van der Waals surface area contributed by atoms with E-state index in [4.69, 9.17) is 4.74 Å². The number of carbonyl (C=O) groups is 1. The minimum atomic E-state index is -3.36. The highest BCUT2D eigenvalue weighted by atomic mass is 32.2. The first-order valence-corrected chi connectivity index (χ1v) is 7.20. The van der Waals surface area contributed by atoms with E-state index < -0.39 is 21.2 Å². The van der Waals surface area contributed by atoms with Crippen LogP contribution in [0.1, 0.15) is 31.1 Å². The van der Waals surface area contributed by atoms with E-state index in [1.165, 1.54) is 24.3 Å². The summed E-state index contributed by atoms with van der Waals surface area (Å²) in [5.41, 5.74) is 0.820. The molecule has 0 aliphatic rings. The Kier molecular flexibility index (Phi) is 4.72. The molecule has 0 spiro atoms. The first-order chi connectivity index (χ1) is 8.36. The van der Waals surface area contributed by atoms with Crippen LogP contribution in [-0.2, 0) is 14.8 Å². The van der Waals surface area contributed by atoms with Gasteiger partial charge in [-0.3, -0.25) is 4.72 Å². The van der Waals surface area contributed by atoms with Crippen LogP contribution in [0.25, 0.3) is 0 Å². The number of anilines is 1. The van der Waals surface area contributed by atoms with Crippen LogP contribution in [-0.4, -0.2) is 26.2 Å². The normalized spacial score (nSPS) is 11.3. The van der Waals surface area contributed by atoms with Crippen molar-refractivity contribution in [3.8, 4) is 0 Å². The molecule has 0 radical (unpaired) electrons. The van der Waals surface area contributed by atoms with Crippen LogP contribution in [0.3, 0.4) is 0 Å². The monoisotopic (exact) mass is 271 g/mol. The molecule has 18 heavy (non-hydrogen) atoms. The van der Waals surface area contributed by atoms with Gasteiger partial charge >= 0.3 is 5.97 Å². The molecule has 1 N–H and O–H groups in total. The second-order valence-electron chi connectivity index (χ2n) is 3.99. The van der Waals surface area contributed by atoms with Gasteiger partial charge in [0.25, 0.3) is 0 Å². The molecule has 1 aromatic carbocycles. The second kappa shape index (κ2) is 5.86. The van der Waals surface area contributed by atoms with Gasteiger partial charge in [0.1, 0.15) is 0 Å². The van der Waals surface area contributed by atoms with Crippen molar-refractivity contribution < 1.29 is 17.9 Å². The van der Waals surface area contributed by atoms with Crippen molar-refractivity contribution in [2.24, 2.45) is 0 Å². The zero-order valence-corrected chi connectivity index (χ0v) is 11.5. The molecule has 0 heterocycles. The Morgan fingerprint density at radius 3 is 2.28 bits per heavy atom. The van der Waals surface area contributed by atoms with Crippen molar-refractivity contribution in [3.63, 3.8) is 0 Å². The topological polar surface area (TPSA) is 72.5 Å². The molecule has 0 amide bonds. The highest BCUT2D eigenvalue weighted by Crippen LogP contribution is 2.14. The fraction of sp³-hybridized carbons (Fsp3) is 0.417. The number of nitrogens with one attached hydrogen (secondary N) is 1. The van der Waals surface area contributed by atoms with Crippen LogP contribution in [0.4, 0.5) is 5.69 Å². The van der Waals surface area contributed by atoms with Crippen molar-refractivity contribution in [1.29, 1.82) is 0 Å². The summed E-state index contributed by atoms with van der Waals surface area (Å²) in [4.78, 5) is 11.4. The molecule has 5 nitrogen and oxygen atoms in total. The average Bonchev–Trinajstić information content (AvgIpc) is 2.29. The third-order valence-corrected chi connectivity index (χ3v) is 4.04. The lowest BCUT2D eigenvalue weighted by Crippen LogP contribution is -2.22. The summed E-state index contributed by atoms with van der Waals surface area (Å²) in [5.74, 6) is -0.421. The average molecular weight is 271 g/mol. The first kappa shape index (κ1) is 14.5. The number of benzene rings is 1. The molecule has 0 saturated carbocycles. The predicted octanol–water partition coefficient (Wildman–Crippen LogP) is 2.01. The standard InChI is InChI=1S/C12H17NO4S/c1-4-17-12(14)10-5-7-11(8-6-10)13-18(15,16)9(2)3/h5-9,13H,4H2,1-3H3. The number of ether oxygens (including phenoxy) is 1. The Bertz CT molecular complexity index is 505. The molecule has 0 aliphatic carbocycles. The van der Waals surface area contributed by atoms with Crippen molar-refractivity contribution in [3.05, 3.63) is 29.8 Å². The number of hydrogen-bond donors (Lipinski definition) is 1. The van der Waals surface area contributed by atoms with E-state index in [0.717, 1.165) is 0 Å². The van der Waals surface area contributed by atoms with Gasteiger partial charge in [-0.1, -0.05) is 0 Å². The summed E-state index contributed by atoms with van der Waals surface area (Å²) in [5, 5.41) is -0.512. The van der Waals surface area contributed by atoms with E-state index in [1.807, 2.05) is 0 Å². The van der Waals surface area contributed by atoms with E-state index in [9.17, 15) is 13.2 Å². The van der Waals surface area contributed by atoms with E-state index in [1.54, 1.807) is 20.8 Å². The van der Waals surface area contributed by atoms with Crippen LogP contribution in [0.15, 0.2) is 24.3 Å². The van der Waals surface area contributed by atoms with Gasteiger partial charge in [-0.15, -0.1) is 0 Å². The molecule has 1 rings (SSSR count).